The van der Waals surface area contributed by atoms with Gasteiger partial charge >= 0.3 is 6.20 Å². The van der Waals surface area contributed by atoms with Crippen LogP contribution in [-0.4, -0.2) is 21.8 Å². The van der Waals surface area contributed by atoms with Gasteiger partial charge in [-0.15, -0.1) is 0 Å². The van der Waals surface area contributed by atoms with Crippen LogP contribution >= 0.6 is 0 Å². The van der Waals surface area contributed by atoms with Gasteiger partial charge in [0, 0.05) is 6.42 Å². The number of fused-ring (bicyclic) bond motifs is 1. The summed E-state index contributed by atoms with van der Waals surface area (Å²) < 4.78 is 0. The predicted molar refractivity (Wildman–Crippen MR) is 86.5 cm³/mol. The van der Waals surface area contributed by atoms with E-state index in [1.54, 1.807) is 48.5 Å². The Morgan fingerprint density at radius 1 is 1.04 bits per heavy atom. The van der Waals surface area contributed by atoms with E-state index < -0.39 is 17.9 Å². The van der Waals surface area contributed by atoms with Gasteiger partial charge in [0.25, 0.3) is 11.8 Å². The van der Waals surface area contributed by atoms with Crippen LogP contribution in [-0.2, 0) is 0 Å². The third kappa shape index (κ3) is 2.63. The highest BCUT2D eigenvalue weighted by Crippen LogP contribution is 2.34. The molecular weight excluding hydrogens is 306 g/mol. The van der Waals surface area contributed by atoms with Crippen LogP contribution in [0.25, 0.3) is 4.98 Å². The molecule has 0 saturated carbocycles. The molecule has 2 amide bonds. The molecule has 0 radical (unpaired) electrons. The van der Waals surface area contributed by atoms with Gasteiger partial charge in [0.15, 0.2) is 10.7 Å². The molecule has 0 saturated heterocycles. The van der Waals surface area contributed by atoms with E-state index in [1.807, 2.05) is 6.07 Å². The summed E-state index contributed by atoms with van der Waals surface area (Å²) in [7, 11) is 0. The minimum atomic E-state index is -0.698. The molecule has 0 spiro atoms. The Kier molecular flexibility index (Phi) is 4.08. The molecule has 1 heterocycles. The average molecular weight is 320 g/mol. The molecule has 6 heteroatoms. The Morgan fingerprint density at radius 3 is 2.12 bits per heavy atom. The number of carbonyl (C=O) groups excluding carboxylic acids is 2. The van der Waals surface area contributed by atoms with Crippen molar-refractivity contribution in [2.45, 2.75) is 12.5 Å². The van der Waals surface area contributed by atoms with Crippen LogP contribution in [0.5, 0.6) is 0 Å². The molecule has 1 unspecified atom stereocenters. The quantitative estimate of drug-likeness (QED) is 0.529. The van der Waals surface area contributed by atoms with Crippen molar-refractivity contribution in [3.63, 3.8) is 0 Å². The maximum Gasteiger partial charge on any atom is 0.387 e. The fourth-order valence-corrected chi connectivity index (χ4v) is 2.84. The van der Waals surface area contributed by atoms with Gasteiger partial charge in [0.05, 0.1) is 17.2 Å². The van der Waals surface area contributed by atoms with Crippen LogP contribution in [0.1, 0.15) is 38.7 Å². The van der Waals surface area contributed by atoms with Gasteiger partial charge in [-0.2, -0.15) is 0 Å². The van der Waals surface area contributed by atoms with Crippen LogP contribution < -0.4 is 0 Å². The molecule has 1 aliphatic rings. The lowest BCUT2D eigenvalue weighted by atomic mass is 10.0. The molecule has 0 aromatic heterocycles. The monoisotopic (exact) mass is 320 g/mol. The number of diazo groups is 1. The third-order valence-corrected chi connectivity index (χ3v) is 3.93. The predicted octanol–water partition coefficient (Wildman–Crippen LogP) is 3.67. The summed E-state index contributed by atoms with van der Waals surface area (Å²) in [4.78, 5) is 29.3. The minimum Gasteiger partial charge on any atom is -0.505 e. The molecule has 1 N–H and O–H groups in total. The number of rotatable bonds is 4. The van der Waals surface area contributed by atoms with Crippen molar-refractivity contribution in [1.82, 2.24) is 4.90 Å². The van der Waals surface area contributed by atoms with Gasteiger partial charge in [-0.25, -0.2) is 0 Å². The summed E-state index contributed by atoms with van der Waals surface area (Å²) in [6.07, 6.45) is 0.841. The number of carbonyl (C=O) groups is 2. The van der Waals surface area contributed by atoms with Crippen LogP contribution in [0.4, 0.5) is 0 Å². The number of amides is 2. The molecule has 0 aliphatic carbocycles. The first-order chi connectivity index (χ1) is 11.6. The minimum absolute atomic E-state index is 0.0421. The molecule has 1 aliphatic heterocycles. The third-order valence-electron chi connectivity index (χ3n) is 3.93. The van der Waals surface area contributed by atoms with Gasteiger partial charge in [-0.1, -0.05) is 42.5 Å². The number of nitrogens with zero attached hydrogens (tertiary/aromatic N) is 3. The Balaban J connectivity index is 2.04. The number of hydrogen-bond donors (Lipinski definition) is 1. The van der Waals surface area contributed by atoms with E-state index in [4.69, 9.17) is 5.39 Å². The molecule has 1 atom stereocenters. The summed E-state index contributed by atoms with van der Waals surface area (Å²) >= 11 is 0. The fraction of sp³-hybridized carbons (Fsp3) is 0.111. The van der Waals surface area contributed by atoms with Gasteiger partial charge in [0.1, 0.15) is 0 Å². The zero-order valence-electron chi connectivity index (χ0n) is 12.7. The molecule has 2 aromatic carbocycles. The lowest BCUT2D eigenvalue weighted by Gasteiger charge is -2.26. The maximum atomic E-state index is 12.7. The SMILES string of the molecule is N#[N+]C=C(O)CC(c1ccccc1)N1C(=O)c2ccccc2C1=O. The van der Waals surface area contributed by atoms with Crippen molar-refractivity contribution in [3.05, 3.63) is 88.2 Å². The van der Waals surface area contributed by atoms with E-state index in [9.17, 15) is 14.7 Å². The normalized spacial score (nSPS) is 15.1. The molecule has 2 aromatic rings. The Hall–Kier alpha value is -3.46. The lowest BCUT2D eigenvalue weighted by molar-refractivity contribution is 0.0573. The van der Waals surface area contributed by atoms with Crippen LogP contribution in [0, 0.1) is 5.39 Å². The molecule has 0 bridgehead atoms. The van der Waals surface area contributed by atoms with E-state index in [2.05, 4.69) is 4.98 Å². The molecule has 0 fully saturated rings. The molecule has 24 heavy (non-hydrogen) atoms. The number of hydrogen-bond acceptors (Lipinski definition) is 4. The van der Waals surface area contributed by atoms with Crippen molar-refractivity contribution in [3.8, 4) is 0 Å². The second-order valence-corrected chi connectivity index (χ2v) is 5.39. The second kappa shape index (κ2) is 6.34. The van der Waals surface area contributed by atoms with Crippen molar-refractivity contribution in [1.29, 1.82) is 5.39 Å². The van der Waals surface area contributed by atoms with E-state index in [0.29, 0.717) is 16.7 Å². The topological polar surface area (TPSA) is 85.8 Å². The van der Waals surface area contributed by atoms with Gasteiger partial charge in [-0.3, -0.25) is 14.5 Å². The fourth-order valence-electron chi connectivity index (χ4n) is 2.84. The molecule has 118 valence electrons. The first-order valence-corrected chi connectivity index (χ1v) is 7.37. The highest BCUT2D eigenvalue weighted by atomic mass is 16.3. The Labute approximate surface area is 138 Å². The summed E-state index contributed by atoms with van der Waals surface area (Å²) in [5.74, 6) is -1.04. The molecular formula is C18H14N3O3+. The second-order valence-electron chi connectivity index (χ2n) is 5.39. The van der Waals surface area contributed by atoms with Crippen molar-refractivity contribution < 1.29 is 14.7 Å². The first-order valence-electron chi connectivity index (χ1n) is 7.37. The largest absolute Gasteiger partial charge is 0.505 e. The van der Waals surface area contributed by atoms with Crippen molar-refractivity contribution in [2.75, 3.05) is 0 Å². The number of aliphatic hydroxyl groups excluding tert-OH is 1. The Bertz CT molecular complexity index is 834. The summed E-state index contributed by atoms with van der Waals surface area (Å²) in [6.45, 7) is 0. The zero-order valence-corrected chi connectivity index (χ0v) is 12.7. The van der Waals surface area contributed by atoms with E-state index >= 15 is 0 Å². The average Bonchev–Trinajstić information content (AvgIpc) is 2.86. The summed E-state index contributed by atoms with van der Waals surface area (Å²) in [5.41, 5.74) is 1.39. The molecule has 3 rings (SSSR count). The summed E-state index contributed by atoms with van der Waals surface area (Å²) in [5, 5.41) is 18.5. The van der Waals surface area contributed by atoms with E-state index in [-0.39, 0.29) is 12.2 Å². The van der Waals surface area contributed by atoms with Crippen LogP contribution in [0.2, 0.25) is 0 Å². The standard InChI is InChI=1S/C18H13N3O3/c19-20-11-13(22)10-16(12-6-2-1-3-7-12)21-17(23)14-8-4-5-9-15(14)18(21)24/h1-9,11,16H,10H2/p+1. The van der Waals surface area contributed by atoms with Crippen LogP contribution in [0.3, 0.4) is 0 Å². The van der Waals surface area contributed by atoms with Crippen molar-refractivity contribution in [2.24, 2.45) is 0 Å². The Morgan fingerprint density at radius 2 is 1.58 bits per heavy atom. The first kappa shape index (κ1) is 15.4. The van der Waals surface area contributed by atoms with E-state index in [1.165, 1.54) is 0 Å². The number of imide groups is 1. The molecule has 6 nitrogen and oxygen atoms in total. The highest BCUT2D eigenvalue weighted by Gasteiger charge is 2.40. The smallest absolute Gasteiger partial charge is 0.387 e. The number of aliphatic hydroxyl groups is 1. The lowest BCUT2D eigenvalue weighted by Crippen LogP contribution is -2.34. The van der Waals surface area contributed by atoms with Crippen molar-refractivity contribution >= 4 is 11.8 Å². The highest BCUT2D eigenvalue weighted by molar-refractivity contribution is 6.21. The van der Waals surface area contributed by atoms with E-state index in [0.717, 1.165) is 11.1 Å². The zero-order chi connectivity index (χ0) is 17.1. The van der Waals surface area contributed by atoms with Crippen LogP contribution in [0.15, 0.2) is 66.6 Å². The van der Waals surface area contributed by atoms with Gasteiger partial charge in [0.2, 0.25) is 5.39 Å². The number of benzene rings is 2. The summed E-state index contributed by atoms with van der Waals surface area (Å²) in [6, 6.07) is 14.9. The van der Waals surface area contributed by atoms with Gasteiger partial charge in [-0.05, 0) is 17.7 Å². The maximum absolute atomic E-state index is 12.7. The van der Waals surface area contributed by atoms with Gasteiger partial charge < -0.3 is 5.11 Å².